The Morgan fingerprint density at radius 1 is 1.21 bits per heavy atom. The van der Waals surface area contributed by atoms with Gasteiger partial charge >= 0.3 is 0 Å². The SMILES string of the molecule is CC1(C)Cc2cccc(OCCNC(=O)CN3C(=O)C4CCCCC4C3=O)c2O1. The lowest BCUT2D eigenvalue weighted by Crippen LogP contribution is -2.42. The molecule has 3 aliphatic rings. The van der Waals surface area contributed by atoms with Crippen LogP contribution < -0.4 is 14.8 Å². The molecule has 29 heavy (non-hydrogen) atoms. The molecular formula is C22H28N2O5. The van der Waals surface area contributed by atoms with Crippen molar-refractivity contribution < 1.29 is 23.9 Å². The maximum atomic E-state index is 12.4. The first-order valence-corrected chi connectivity index (χ1v) is 10.4. The summed E-state index contributed by atoms with van der Waals surface area (Å²) in [7, 11) is 0. The normalized spacial score (nSPS) is 24.7. The van der Waals surface area contributed by atoms with Crippen LogP contribution in [0.2, 0.25) is 0 Å². The quantitative estimate of drug-likeness (QED) is 0.584. The van der Waals surface area contributed by atoms with Crippen LogP contribution in [0.1, 0.15) is 45.1 Å². The van der Waals surface area contributed by atoms with E-state index in [2.05, 4.69) is 5.32 Å². The number of hydrogen-bond acceptors (Lipinski definition) is 5. The van der Waals surface area contributed by atoms with E-state index in [0.29, 0.717) is 5.75 Å². The summed E-state index contributed by atoms with van der Waals surface area (Å²) in [5.41, 5.74) is 0.867. The maximum Gasteiger partial charge on any atom is 0.240 e. The third kappa shape index (κ3) is 3.95. The number of imide groups is 1. The molecule has 7 heteroatoms. The van der Waals surface area contributed by atoms with Crippen molar-refractivity contribution in [2.75, 3.05) is 19.7 Å². The second-order valence-electron chi connectivity index (χ2n) is 8.74. The minimum absolute atomic E-state index is 0.189. The van der Waals surface area contributed by atoms with Crippen LogP contribution in [0.15, 0.2) is 18.2 Å². The first-order chi connectivity index (χ1) is 13.9. The monoisotopic (exact) mass is 400 g/mol. The van der Waals surface area contributed by atoms with Gasteiger partial charge in [0.1, 0.15) is 18.8 Å². The maximum absolute atomic E-state index is 12.4. The number of hydrogen-bond donors (Lipinski definition) is 1. The average Bonchev–Trinajstić information content (AvgIpc) is 3.13. The zero-order valence-electron chi connectivity index (χ0n) is 17.0. The van der Waals surface area contributed by atoms with E-state index in [4.69, 9.17) is 9.47 Å². The van der Waals surface area contributed by atoms with Crippen molar-refractivity contribution in [1.29, 1.82) is 0 Å². The molecule has 0 radical (unpaired) electrons. The highest BCUT2D eigenvalue weighted by Crippen LogP contribution is 2.41. The lowest BCUT2D eigenvalue weighted by Gasteiger charge is -2.19. The second-order valence-corrected chi connectivity index (χ2v) is 8.74. The third-order valence-corrected chi connectivity index (χ3v) is 5.97. The van der Waals surface area contributed by atoms with Crippen molar-refractivity contribution in [2.45, 2.75) is 51.6 Å². The summed E-state index contributed by atoms with van der Waals surface area (Å²) in [6.45, 7) is 4.43. The van der Waals surface area contributed by atoms with E-state index in [9.17, 15) is 14.4 Å². The molecule has 4 rings (SSSR count). The van der Waals surface area contributed by atoms with E-state index in [1.165, 1.54) is 0 Å². The third-order valence-electron chi connectivity index (χ3n) is 5.97. The Morgan fingerprint density at radius 3 is 2.59 bits per heavy atom. The average molecular weight is 400 g/mol. The van der Waals surface area contributed by atoms with Crippen LogP contribution in [-0.4, -0.2) is 47.9 Å². The van der Waals surface area contributed by atoms with Crippen LogP contribution >= 0.6 is 0 Å². The van der Waals surface area contributed by atoms with Gasteiger partial charge in [-0.3, -0.25) is 19.3 Å². The first kappa shape index (κ1) is 19.7. The van der Waals surface area contributed by atoms with Gasteiger partial charge in [0.15, 0.2) is 11.5 Å². The molecule has 2 atom stereocenters. The number of carbonyl (C=O) groups is 3. The van der Waals surface area contributed by atoms with E-state index in [1.807, 2.05) is 32.0 Å². The fourth-order valence-corrected chi connectivity index (χ4v) is 4.64. The van der Waals surface area contributed by atoms with E-state index >= 15 is 0 Å². The molecule has 156 valence electrons. The Morgan fingerprint density at radius 2 is 1.90 bits per heavy atom. The number of rotatable bonds is 6. The molecule has 1 saturated heterocycles. The summed E-state index contributed by atoms with van der Waals surface area (Å²) in [6, 6.07) is 5.81. The Kier molecular flexibility index (Phi) is 5.23. The highest BCUT2D eigenvalue weighted by molar-refractivity contribution is 6.07. The van der Waals surface area contributed by atoms with Gasteiger partial charge in [0.2, 0.25) is 17.7 Å². The van der Waals surface area contributed by atoms with E-state index < -0.39 is 0 Å². The summed E-state index contributed by atoms with van der Waals surface area (Å²) < 4.78 is 11.8. The summed E-state index contributed by atoms with van der Waals surface area (Å²) in [4.78, 5) is 38.3. The van der Waals surface area contributed by atoms with Crippen LogP contribution in [0.3, 0.4) is 0 Å². The number of nitrogens with one attached hydrogen (secondary N) is 1. The van der Waals surface area contributed by atoms with Gasteiger partial charge in [-0.15, -0.1) is 0 Å². The molecule has 0 bridgehead atoms. The lowest BCUT2D eigenvalue weighted by atomic mass is 9.81. The number of para-hydroxylation sites is 1. The minimum atomic E-state index is -0.343. The van der Waals surface area contributed by atoms with Crippen molar-refractivity contribution in [2.24, 2.45) is 11.8 Å². The molecule has 1 saturated carbocycles. The zero-order valence-corrected chi connectivity index (χ0v) is 17.0. The molecule has 0 spiro atoms. The summed E-state index contributed by atoms with van der Waals surface area (Å²) in [5.74, 6) is 0.255. The van der Waals surface area contributed by atoms with Crippen molar-refractivity contribution in [3.63, 3.8) is 0 Å². The standard InChI is InChI=1S/C22H28N2O5/c1-22(2)12-14-6-5-9-17(19(14)29-22)28-11-10-23-18(25)13-24-20(26)15-7-3-4-8-16(15)21(24)27/h5-6,9,15-16H,3-4,7-8,10-13H2,1-2H3,(H,23,25). The largest absolute Gasteiger partial charge is 0.488 e. The number of carbonyl (C=O) groups excluding carboxylic acids is 3. The molecular weight excluding hydrogens is 372 g/mol. The van der Waals surface area contributed by atoms with Crippen LogP contribution in [-0.2, 0) is 20.8 Å². The smallest absolute Gasteiger partial charge is 0.240 e. The van der Waals surface area contributed by atoms with Crippen LogP contribution in [0.4, 0.5) is 0 Å². The number of fused-ring (bicyclic) bond motifs is 2. The van der Waals surface area contributed by atoms with Gasteiger partial charge in [0, 0.05) is 12.0 Å². The fourth-order valence-electron chi connectivity index (χ4n) is 4.64. The Hall–Kier alpha value is -2.57. The predicted molar refractivity (Wildman–Crippen MR) is 106 cm³/mol. The summed E-state index contributed by atoms with van der Waals surface area (Å²) in [5, 5.41) is 2.74. The molecule has 1 aromatic rings. The Bertz CT molecular complexity index is 810. The highest BCUT2D eigenvalue weighted by Gasteiger charge is 2.48. The van der Waals surface area contributed by atoms with Crippen LogP contribution in [0.5, 0.6) is 11.5 Å². The molecule has 2 fully saturated rings. The highest BCUT2D eigenvalue weighted by atomic mass is 16.5. The molecule has 2 aliphatic heterocycles. The van der Waals surface area contributed by atoms with Gasteiger partial charge in [-0.1, -0.05) is 25.0 Å². The van der Waals surface area contributed by atoms with E-state index in [-0.39, 0.29) is 54.9 Å². The van der Waals surface area contributed by atoms with Gasteiger partial charge < -0.3 is 14.8 Å². The summed E-state index contributed by atoms with van der Waals surface area (Å²) in [6.07, 6.45) is 4.28. The van der Waals surface area contributed by atoms with Gasteiger partial charge in [-0.2, -0.15) is 0 Å². The number of likely N-dealkylation sites (tertiary alicyclic amines) is 1. The molecule has 7 nitrogen and oxygen atoms in total. The van der Waals surface area contributed by atoms with Gasteiger partial charge in [0.25, 0.3) is 0 Å². The van der Waals surface area contributed by atoms with E-state index in [1.54, 1.807) is 0 Å². The van der Waals surface area contributed by atoms with E-state index in [0.717, 1.165) is 48.3 Å². The molecule has 2 heterocycles. The van der Waals surface area contributed by atoms with Crippen molar-refractivity contribution in [1.82, 2.24) is 10.2 Å². The molecule has 1 aromatic carbocycles. The Labute approximate surface area is 170 Å². The van der Waals surface area contributed by atoms with Crippen LogP contribution in [0.25, 0.3) is 0 Å². The summed E-state index contributed by atoms with van der Waals surface area (Å²) >= 11 is 0. The van der Waals surface area contributed by atoms with Crippen molar-refractivity contribution in [3.05, 3.63) is 23.8 Å². The second kappa shape index (κ2) is 7.69. The van der Waals surface area contributed by atoms with Gasteiger partial charge in [-0.05, 0) is 32.8 Å². The predicted octanol–water partition coefficient (Wildman–Crippen LogP) is 2.07. The molecule has 3 amide bonds. The number of benzene rings is 1. The number of ether oxygens (including phenoxy) is 2. The molecule has 1 aliphatic carbocycles. The Balaban J connectivity index is 1.25. The van der Waals surface area contributed by atoms with Crippen molar-refractivity contribution >= 4 is 17.7 Å². The molecule has 0 aromatic heterocycles. The topological polar surface area (TPSA) is 84.9 Å². The van der Waals surface area contributed by atoms with Crippen LogP contribution in [0, 0.1) is 11.8 Å². The first-order valence-electron chi connectivity index (χ1n) is 10.4. The molecule has 1 N–H and O–H groups in total. The zero-order chi connectivity index (χ0) is 20.6. The molecule has 2 unspecified atom stereocenters. The van der Waals surface area contributed by atoms with Gasteiger partial charge in [0.05, 0.1) is 18.4 Å². The fraction of sp³-hybridized carbons (Fsp3) is 0.591. The number of nitrogens with zero attached hydrogens (tertiary/aromatic N) is 1. The minimum Gasteiger partial charge on any atom is -0.488 e. The number of amides is 3. The van der Waals surface area contributed by atoms with Gasteiger partial charge in [-0.25, -0.2) is 0 Å². The lowest BCUT2D eigenvalue weighted by molar-refractivity contribution is -0.143. The van der Waals surface area contributed by atoms with Crippen molar-refractivity contribution in [3.8, 4) is 11.5 Å².